The van der Waals surface area contributed by atoms with Gasteiger partial charge in [0.15, 0.2) is 0 Å². The second-order valence-electron chi connectivity index (χ2n) is 9.14. The summed E-state index contributed by atoms with van der Waals surface area (Å²) in [6.45, 7) is 0. The Labute approximate surface area is 204 Å². The molecule has 0 radical (unpaired) electrons. The zero-order valence-electron chi connectivity index (χ0n) is 18.6. The van der Waals surface area contributed by atoms with Gasteiger partial charge in [0.2, 0.25) is 0 Å². The van der Waals surface area contributed by atoms with Crippen LogP contribution in [-0.2, 0) is 0 Å². The molecule has 0 spiro atoms. The smallest absolute Gasteiger partial charge is 0.139 e. The molecule has 8 rings (SSSR count). The molecular weight excluding hydrogens is 448 g/mol. The summed E-state index contributed by atoms with van der Waals surface area (Å²) in [4.78, 5) is 0. The minimum absolute atomic E-state index is 0.244. The highest BCUT2D eigenvalue weighted by atomic mass is 32.1. The number of rotatable bonds is 1. The summed E-state index contributed by atoms with van der Waals surface area (Å²) in [6.07, 6.45) is 0. The van der Waals surface area contributed by atoms with E-state index < -0.39 is 0 Å². The number of hydrogen-bond acceptors (Lipinski definition) is 3. The number of hydrogen-bond donors (Lipinski definition) is 1. The van der Waals surface area contributed by atoms with Gasteiger partial charge in [0.1, 0.15) is 16.9 Å². The summed E-state index contributed by atoms with van der Waals surface area (Å²) in [5.74, 6) is 0.244. The van der Waals surface area contributed by atoms with Gasteiger partial charge >= 0.3 is 0 Å². The lowest BCUT2D eigenvalue weighted by molar-refractivity contribution is 0.482. The van der Waals surface area contributed by atoms with Crippen LogP contribution in [0.4, 0.5) is 0 Å². The average Bonchev–Trinajstić information content (AvgIpc) is 3.45. The van der Waals surface area contributed by atoms with Crippen LogP contribution in [0.5, 0.6) is 5.75 Å². The first-order valence-corrected chi connectivity index (χ1v) is 12.5. The van der Waals surface area contributed by atoms with Gasteiger partial charge in [-0.1, -0.05) is 60.7 Å². The highest BCUT2D eigenvalue weighted by Gasteiger charge is 2.16. The second kappa shape index (κ2) is 6.84. The molecule has 2 nitrogen and oxygen atoms in total. The van der Waals surface area contributed by atoms with Crippen molar-refractivity contribution in [2.24, 2.45) is 0 Å². The fourth-order valence-corrected chi connectivity index (χ4v) is 6.57. The molecule has 8 aromatic rings. The van der Waals surface area contributed by atoms with E-state index in [2.05, 4.69) is 78.9 Å². The van der Waals surface area contributed by atoms with Crippen molar-refractivity contribution in [3.05, 3.63) is 103 Å². The highest BCUT2D eigenvalue weighted by Crippen LogP contribution is 2.43. The number of benzene rings is 6. The van der Waals surface area contributed by atoms with Gasteiger partial charge in [-0.3, -0.25) is 0 Å². The van der Waals surface area contributed by atoms with Crippen molar-refractivity contribution < 1.29 is 9.52 Å². The van der Waals surface area contributed by atoms with E-state index in [1.54, 1.807) is 0 Å². The van der Waals surface area contributed by atoms with Gasteiger partial charge in [0, 0.05) is 25.6 Å². The zero-order valence-corrected chi connectivity index (χ0v) is 19.4. The lowest BCUT2D eigenvalue weighted by Crippen LogP contribution is -1.80. The third kappa shape index (κ3) is 2.70. The Kier molecular flexibility index (Phi) is 3.72. The van der Waals surface area contributed by atoms with Crippen LogP contribution in [0.25, 0.3) is 74.8 Å². The fourth-order valence-electron chi connectivity index (χ4n) is 5.45. The van der Waals surface area contributed by atoms with Crippen molar-refractivity contribution in [3.63, 3.8) is 0 Å². The molecule has 0 saturated carbocycles. The quantitative estimate of drug-likeness (QED) is 0.261. The fraction of sp³-hybridized carbons (Fsp3) is 0. The summed E-state index contributed by atoms with van der Waals surface area (Å²) in [6, 6.07) is 35.8. The summed E-state index contributed by atoms with van der Waals surface area (Å²) < 4.78 is 8.79. The predicted molar refractivity (Wildman–Crippen MR) is 149 cm³/mol. The Morgan fingerprint density at radius 2 is 1.29 bits per heavy atom. The van der Waals surface area contributed by atoms with Crippen molar-refractivity contribution in [2.45, 2.75) is 0 Å². The normalized spacial score (nSPS) is 12.1. The van der Waals surface area contributed by atoms with E-state index in [-0.39, 0.29) is 5.75 Å². The largest absolute Gasteiger partial charge is 0.507 e. The van der Waals surface area contributed by atoms with Crippen LogP contribution in [0.1, 0.15) is 0 Å². The highest BCUT2D eigenvalue weighted by molar-refractivity contribution is 7.25. The lowest BCUT2D eigenvalue weighted by atomic mass is 9.98. The molecule has 0 bridgehead atoms. The first-order valence-electron chi connectivity index (χ1n) is 11.7. The lowest BCUT2D eigenvalue weighted by Gasteiger charge is -2.05. The molecule has 0 aliphatic carbocycles. The molecule has 0 fully saturated rings. The summed E-state index contributed by atoms with van der Waals surface area (Å²) in [5, 5.41) is 20.1. The van der Waals surface area contributed by atoms with Gasteiger partial charge in [-0.15, -0.1) is 11.3 Å². The number of phenolic OH excluding ortho intramolecular Hbond substituents is 1. The van der Waals surface area contributed by atoms with Crippen LogP contribution in [0.15, 0.2) is 108 Å². The Hall–Kier alpha value is -4.34. The zero-order chi connectivity index (χ0) is 23.1. The van der Waals surface area contributed by atoms with Crippen LogP contribution >= 0.6 is 11.3 Å². The maximum Gasteiger partial charge on any atom is 0.139 e. The van der Waals surface area contributed by atoms with E-state index in [1.165, 1.54) is 30.9 Å². The number of thiophene rings is 1. The summed E-state index contributed by atoms with van der Waals surface area (Å²) in [7, 11) is 0. The monoisotopic (exact) mass is 466 g/mol. The van der Waals surface area contributed by atoms with Crippen molar-refractivity contribution in [1.82, 2.24) is 0 Å². The third-order valence-electron chi connectivity index (χ3n) is 7.11. The standard InChI is InChI=1S/C32H18O2S/c33-26-15-22(16-28-32(26)31-23-8-4-3-5-18(23)9-11-27(31)34-28)21-10-12-29-24(14-21)25-13-19-6-1-2-7-20(19)17-30(25)35-29/h1-17,33H. The van der Waals surface area contributed by atoms with Gasteiger partial charge < -0.3 is 9.52 Å². The maximum absolute atomic E-state index is 11.2. The van der Waals surface area contributed by atoms with Crippen molar-refractivity contribution >= 4 is 75.0 Å². The topological polar surface area (TPSA) is 33.4 Å². The van der Waals surface area contributed by atoms with Gasteiger partial charge in [0.05, 0.1) is 5.39 Å². The molecule has 35 heavy (non-hydrogen) atoms. The van der Waals surface area contributed by atoms with Gasteiger partial charge in [-0.05, 0) is 75.1 Å². The number of fused-ring (bicyclic) bond motifs is 9. The van der Waals surface area contributed by atoms with Crippen molar-refractivity contribution in [2.75, 3.05) is 0 Å². The maximum atomic E-state index is 11.2. The SMILES string of the molecule is Oc1cc(-c2ccc3sc4cc5ccccc5cc4c3c2)cc2oc3ccc4ccccc4c3c12. The molecule has 0 unspecified atom stereocenters. The molecule has 164 valence electrons. The van der Waals surface area contributed by atoms with Crippen LogP contribution in [0.3, 0.4) is 0 Å². The van der Waals surface area contributed by atoms with Crippen LogP contribution in [-0.4, -0.2) is 5.11 Å². The molecule has 0 amide bonds. The van der Waals surface area contributed by atoms with E-state index in [0.29, 0.717) is 5.58 Å². The van der Waals surface area contributed by atoms with Gasteiger partial charge in [-0.2, -0.15) is 0 Å². The molecule has 2 aromatic heterocycles. The molecule has 2 heterocycles. The number of aromatic hydroxyl groups is 1. The number of furan rings is 1. The van der Waals surface area contributed by atoms with Gasteiger partial charge in [0.25, 0.3) is 0 Å². The Balaban J connectivity index is 1.37. The summed E-state index contributed by atoms with van der Waals surface area (Å²) >= 11 is 1.82. The molecular formula is C32H18O2S. The number of phenols is 1. The van der Waals surface area contributed by atoms with Crippen molar-refractivity contribution in [3.8, 4) is 16.9 Å². The van der Waals surface area contributed by atoms with Crippen molar-refractivity contribution in [1.29, 1.82) is 0 Å². The molecule has 3 heteroatoms. The Morgan fingerprint density at radius 3 is 2.17 bits per heavy atom. The van der Waals surface area contributed by atoms with E-state index in [0.717, 1.165) is 38.3 Å². The third-order valence-corrected chi connectivity index (χ3v) is 8.25. The van der Waals surface area contributed by atoms with Crippen LogP contribution < -0.4 is 0 Å². The minimum atomic E-state index is 0.244. The van der Waals surface area contributed by atoms with E-state index in [9.17, 15) is 5.11 Å². The Bertz CT molecular complexity index is 2130. The molecule has 6 aromatic carbocycles. The second-order valence-corrected chi connectivity index (χ2v) is 10.2. The van der Waals surface area contributed by atoms with Gasteiger partial charge in [-0.25, -0.2) is 0 Å². The molecule has 0 aliphatic heterocycles. The molecule has 0 atom stereocenters. The van der Waals surface area contributed by atoms with E-state index in [1.807, 2.05) is 35.6 Å². The van der Waals surface area contributed by atoms with E-state index >= 15 is 0 Å². The average molecular weight is 467 g/mol. The Morgan fingerprint density at radius 1 is 0.514 bits per heavy atom. The predicted octanol–water partition coefficient (Wildman–Crippen LogP) is 9.63. The summed E-state index contributed by atoms with van der Waals surface area (Å²) in [5.41, 5.74) is 3.50. The van der Waals surface area contributed by atoms with Crippen LogP contribution in [0.2, 0.25) is 0 Å². The first-order chi connectivity index (χ1) is 17.2. The molecule has 0 aliphatic rings. The molecule has 0 saturated heterocycles. The molecule has 1 N–H and O–H groups in total. The van der Waals surface area contributed by atoms with E-state index in [4.69, 9.17) is 4.42 Å². The minimum Gasteiger partial charge on any atom is -0.507 e. The van der Waals surface area contributed by atoms with Crippen LogP contribution in [0, 0.1) is 0 Å². The first kappa shape index (κ1) is 19.0.